The second-order valence-corrected chi connectivity index (χ2v) is 6.18. The second kappa shape index (κ2) is 8.37. The predicted octanol–water partition coefficient (Wildman–Crippen LogP) is -0.835. The minimum Gasteiger partial charge on any atom is -0.395 e. The van der Waals surface area contributed by atoms with Crippen molar-refractivity contribution in [2.24, 2.45) is 7.05 Å². The molecule has 8 heteroatoms. The third kappa shape index (κ3) is 4.49. The van der Waals surface area contributed by atoms with E-state index < -0.39 is 0 Å². The summed E-state index contributed by atoms with van der Waals surface area (Å²) >= 11 is 0. The number of hydrogen-bond acceptors (Lipinski definition) is 6. The molecule has 1 aromatic rings. The molecule has 2 heterocycles. The highest BCUT2D eigenvalue weighted by molar-refractivity contribution is 5.78. The Hall–Kier alpha value is -1.51. The zero-order valence-electron chi connectivity index (χ0n) is 14.3. The van der Waals surface area contributed by atoms with E-state index in [0.29, 0.717) is 25.6 Å². The summed E-state index contributed by atoms with van der Waals surface area (Å²) in [6, 6.07) is 0. The average Bonchev–Trinajstić information content (AvgIpc) is 2.89. The number of aliphatic hydroxyl groups excluding tert-OH is 1. The molecule has 1 saturated heterocycles. The minimum atomic E-state index is 0.139. The summed E-state index contributed by atoms with van der Waals surface area (Å²) in [5, 5.41) is 20.6. The summed E-state index contributed by atoms with van der Waals surface area (Å²) in [5.74, 6) is 2.42. The van der Waals surface area contributed by atoms with Crippen LogP contribution in [0.5, 0.6) is 0 Å². The standard InChI is InChI=1S/C15H28N6O2/c1-16-10-14(23)21-6-4-12(5-7-21)15-18-17-13(20(15)3)11-19(2)8-9-22/h12,16,22H,4-11H2,1-3H3. The fourth-order valence-electron chi connectivity index (χ4n) is 3.01. The highest BCUT2D eigenvalue weighted by Crippen LogP contribution is 2.26. The smallest absolute Gasteiger partial charge is 0.236 e. The van der Waals surface area contributed by atoms with Crippen molar-refractivity contribution in [2.45, 2.75) is 25.3 Å². The van der Waals surface area contributed by atoms with Gasteiger partial charge in [-0.1, -0.05) is 0 Å². The predicted molar refractivity (Wildman–Crippen MR) is 86.9 cm³/mol. The number of carbonyl (C=O) groups excluding carboxylic acids is 1. The van der Waals surface area contributed by atoms with Gasteiger partial charge in [-0.15, -0.1) is 10.2 Å². The number of piperidine rings is 1. The van der Waals surface area contributed by atoms with Crippen LogP contribution in [-0.4, -0.2) is 82.5 Å². The van der Waals surface area contributed by atoms with Crippen molar-refractivity contribution in [1.29, 1.82) is 0 Å². The summed E-state index contributed by atoms with van der Waals surface area (Å²) in [4.78, 5) is 15.8. The Morgan fingerprint density at radius 3 is 2.70 bits per heavy atom. The number of nitrogens with zero attached hydrogens (tertiary/aromatic N) is 5. The van der Waals surface area contributed by atoms with Crippen molar-refractivity contribution >= 4 is 5.91 Å². The highest BCUT2D eigenvalue weighted by atomic mass is 16.3. The Kier molecular flexibility index (Phi) is 6.49. The van der Waals surface area contributed by atoms with E-state index in [9.17, 15) is 4.79 Å². The van der Waals surface area contributed by atoms with Gasteiger partial charge in [0, 0.05) is 32.6 Å². The summed E-state index contributed by atoms with van der Waals surface area (Å²) in [6.45, 7) is 3.38. The Balaban J connectivity index is 1.94. The first-order valence-corrected chi connectivity index (χ1v) is 8.16. The van der Waals surface area contributed by atoms with Crippen molar-refractivity contribution in [3.63, 3.8) is 0 Å². The van der Waals surface area contributed by atoms with E-state index in [4.69, 9.17) is 5.11 Å². The largest absolute Gasteiger partial charge is 0.395 e. The lowest BCUT2D eigenvalue weighted by Gasteiger charge is -2.31. The van der Waals surface area contributed by atoms with Crippen LogP contribution < -0.4 is 5.32 Å². The lowest BCUT2D eigenvalue weighted by Crippen LogP contribution is -2.42. The first-order valence-electron chi connectivity index (χ1n) is 8.16. The quantitative estimate of drug-likeness (QED) is 0.680. The monoisotopic (exact) mass is 324 g/mol. The SMILES string of the molecule is CNCC(=O)N1CCC(c2nnc(CN(C)CCO)n2C)CC1. The van der Waals surface area contributed by atoms with Gasteiger partial charge in [-0.25, -0.2) is 0 Å². The topological polar surface area (TPSA) is 86.5 Å². The molecule has 0 bridgehead atoms. The summed E-state index contributed by atoms with van der Waals surface area (Å²) < 4.78 is 2.06. The first kappa shape index (κ1) is 17.8. The van der Waals surface area contributed by atoms with Crippen LogP contribution in [0.2, 0.25) is 0 Å². The van der Waals surface area contributed by atoms with Crippen LogP contribution in [0.3, 0.4) is 0 Å². The molecule has 0 radical (unpaired) electrons. The molecule has 1 aromatic heterocycles. The van der Waals surface area contributed by atoms with Gasteiger partial charge in [0.25, 0.3) is 0 Å². The molecule has 23 heavy (non-hydrogen) atoms. The van der Waals surface area contributed by atoms with Gasteiger partial charge in [-0.2, -0.15) is 0 Å². The lowest BCUT2D eigenvalue weighted by molar-refractivity contribution is -0.131. The number of aliphatic hydroxyl groups is 1. The molecule has 0 atom stereocenters. The molecule has 2 N–H and O–H groups in total. The van der Waals surface area contributed by atoms with Crippen LogP contribution in [0.4, 0.5) is 0 Å². The number of carbonyl (C=O) groups is 1. The molecule has 0 saturated carbocycles. The van der Waals surface area contributed by atoms with Crippen molar-refractivity contribution in [3.8, 4) is 0 Å². The first-order chi connectivity index (χ1) is 11.1. The molecule has 0 spiro atoms. The van der Waals surface area contributed by atoms with Crippen LogP contribution in [0.15, 0.2) is 0 Å². The Bertz CT molecular complexity index is 510. The normalized spacial score (nSPS) is 16.3. The molecule has 1 fully saturated rings. The molecule has 1 aliphatic heterocycles. The van der Waals surface area contributed by atoms with Gasteiger partial charge in [-0.05, 0) is 26.9 Å². The molecular weight excluding hydrogens is 296 g/mol. The molecule has 1 aliphatic rings. The number of likely N-dealkylation sites (N-methyl/N-ethyl adjacent to an activating group) is 2. The number of rotatable bonds is 7. The van der Waals surface area contributed by atoms with E-state index in [0.717, 1.165) is 37.6 Å². The number of nitrogens with one attached hydrogen (secondary N) is 1. The van der Waals surface area contributed by atoms with Crippen LogP contribution in [0, 0.1) is 0 Å². The van der Waals surface area contributed by atoms with E-state index >= 15 is 0 Å². The fourth-order valence-corrected chi connectivity index (χ4v) is 3.01. The van der Waals surface area contributed by atoms with E-state index in [2.05, 4.69) is 20.1 Å². The van der Waals surface area contributed by atoms with Gasteiger partial charge < -0.3 is 19.9 Å². The Morgan fingerprint density at radius 1 is 1.39 bits per heavy atom. The highest BCUT2D eigenvalue weighted by Gasteiger charge is 2.27. The van der Waals surface area contributed by atoms with E-state index in [1.54, 1.807) is 7.05 Å². The van der Waals surface area contributed by atoms with Gasteiger partial charge in [0.05, 0.1) is 19.7 Å². The average molecular weight is 324 g/mol. The summed E-state index contributed by atoms with van der Waals surface area (Å²) in [5.41, 5.74) is 0. The molecule has 130 valence electrons. The van der Waals surface area contributed by atoms with Gasteiger partial charge in [0.15, 0.2) is 0 Å². The third-order valence-corrected chi connectivity index (χ3v) is 4.43. The zero-order valence-corrected chi connectivity index (χ0v) is 14.3. The van der Waals surface area contributed by atoms with Gasteiger partial charge in [-0.3, -0.25) is 9.69 Å². The van der Waals surface area contributed by atoms with Crippen LogP contribution in [0.25, 0.3) is 0 Å². The molecule has 8 nitrogen and oxygen atoms in total. The zero-order chi connectivity index (χ0) is 16.8. The maximum absolute atomic E-state index is 11.9. The maximum atomic E-state index is 11.9. The number of likely N-dealkylation sites (tertiary alicyclic amines) is 1. The number of hydrogen-bond donors (Lipinski definition) is 2. The van der Waals surface area contributed by atoms with Crippen molar-refractivity contribution in [3.05, 3.63) is 11.6 Å². The van der Waals surface area contributed by atoms with Crippen molar-refractivity contribution in [2.75, 3.05) is 46.9 Å². The van der Waals surface area contributed by atoms with E-state index in [1.165, 1.54) is 0 Å². The van der Waals surface area contributed by atoms with Gasteiger partial charge in [0.1, 0.15) is 11.6 Å². The summed E-state index contributed by atoms with van der Waals surface area (Å²) in [7, 11) is 5.74. The molecule has 0 unspecified atom stereocenters. The fraction of sp³-hybridized carbons (Fsp3) is 0.800. The van der Waals surface area contributed by atoms with E-state index in [1.807, 2.05) is 23.9 Å². The summed E-state index contributed by atoms with van der Waals surface area (Å²) in [6.07, 6.45) is 1.85. The van der Waals surface area contributed by atoms with Crippen LogP contribution >= 0.6 is 0 Å². The Morgan fingerprint density at radius 2 is 2.09 bits per heavy atom. The molecule has 0 aliphatic carbocycles. The molecule has 2 rings (SSSR count). The molecule has 1 amide bonds. The maximum Gasteiger partial charge on any atom is 0.236 e. The Labute approximate surface area is 137 Å². The van der Waals surface area contributed by atoms with Crippen LogP contribution in [0.1, 0.15) is 30.4 Å². The van der Waals surface area contributed by atoms with E-state index in [-0.39, 0.29) is 12.5 Å². The van der Waals surface area contributed by atoms with Gasteiger partial charge in [0.2, 0.25) is 5.91 Å². The lowest BCUT2D eigenvalue weighted by atomic mass is 9.96. The molecular formula is C15H28N6O2. The third-order valence-electron chi connectivity index (χ3n) is 4.43. The van der Waals surface area contributed by atoms with Crippen LogP contribution in [-0.2, 0) is 18.4 Å². The second-order valence-electron chi connectivity index (χ2n) is 6.18. The minimum absolute atomic E-state index is 0.139. The number of aromatic nitrogens is 3. The molecule has 0 aromatic carbocycles. The van der Waals surface area contributed by atoms with Gasteiger partial charge >= 0.3 is 0 Å². The van der Waals surface area contributed by atoms with Crippen molar-refractivity contribution in [1.82, 2.24) is 29.9 Å². The number of amides is 1. The van der Waals surface area contributed by atoms with Crippen molar-refractivity contribution < 1.29 is 9.90 Å².